The van der Waals surface area contributed by atoms with E-state index in [1.807, 2.05) is 26.0 Å². The summed E-state index contributed by atoms with van der Waals surface area (Å²) in [5.74, 6) is 1.20. The molecule has 0 aromatic carbocycles. The fraction of sp³-hybridized carbons (Fsp3) is 0.643. The van der Waals surface area contributed by atoms with Crippen LogP contribution < -0.4 is 16.0 Å². The highest BCUT2D eigenvalue weighted by atomic mass is 33.1. The minimum atomic E-state index is -0.662. The molecule has 0 aromatic rings. The monoisotopic (exact) mass is 763 g/mol. The molecule has 0 aliphatic carbocycles. The van der Waals surface area contributed by atoms with Gasteiger partial charge in [0.15, 0.2) is 0 Å². The van der Waals surface area contributed by atoms with Crippen LogP contribution in [0.15, 0.2) is 72.9 Å². The molecule has 0 bridgehead atoms. The van der Waals surface area contributed by atoms with Gasteiger partial charge in [0.1, 0.15) is 6.10 Å². The standard InChI is InChI=1S/C36H59N3O5S2.C6H14/c1-6-7-8-9-10-11-12-13-14-15-16-17-18-19-20-21-22-23-24-32(40)37-27-29-45-46-30-28-38-33(41)25-26-39-35(42)34(44-5)36(2,3)31-43-4;1-3-5-6-4-2/h7-8,10-11,13-14,16-17,19-20,22-23,34H,6,9,12,15,18,21,24-31H2,1-5H3,(H,37,40)(H,38,41)(H,39,42);3-6H2,1-2H3/b8-7-,11-10-,14-13-,17-16-,20-19-,23-22-;/t34-;/m0./s1. The molecule has 3 N–H and O–H groups in total. The molecule has 10 heteroatoms. The number of hydrogen-bond donors (Lipinski definition) is 3. The van der Waals surface area contributed by atoms with Gasteiger partial charge in [0, 0.05) is 63.6 Å². The zero-order valence-electron chi connectivity index (χ0n) is 33.6. The van der Waals surface area contributed by atoms with E-state index in [0.29, 0.717) is 26.1 Å². The number of carbonyl (C=O) groups is 3. The Kier molecular flexibility index (Phi) is 39.3. The molecular weight excluding hydrogens is 691 g/mol. The maximum absolute atomic E-state index is 12.4. The number of ether oxygens (including phenoxy) is 2. The van der Waals surface area contributed by atoms with Crippen LogP contribution in [0.25, 0.3) is 0 Å². The average molecular weight is 764 g/mol. The smallest absolute Gasteiger partial charge is 0.249 e. The van der Waals surface area contributed by atoms with Crippen molar-refractivity contribution in [3.8, 4) is 0 Å². The zero-order valence-corrected chi connectivity index (χ0v) is 35.2. The van der Waals surface area contributed by atoms with E-state index in [2.05, 4.69) is 97.5 Å². The van der Waals surface area contributed by atoms with Gasteiger partial charge in [-0.25, -0.2) is 0 Å². The highest BCUT2D eigenvalue weighted by Gasteiger charge is 2.35. The molecule has 0 spiro atoms. The largest absolute Gasteiger partial charge is 0.384 e. The van der Waals surface area contributed by atoms with E-state index in [-0.39, 0.29) is 30.7 Å². The second-order valence-electron chi connectivity index (χ2n) is 12.7. The quantitative estimate of drug-likeness (QED) is 0.0367. The Morgan fingerprint density at radius 1 is 0.615 bits per heavy atom. The molecule has 0 fully saturated rings. The van der Waals surface area contributed by atoms with Crippen LogP contribution >= 0.6 is 21.6 Å². The Labute approximate surface area is 326 Å². The molecule has 0 aromatic heterocycles. The van der Waals surface area contributed by atoms with Gasteiger partial charge in [-0.3, -0.25) is 14.4 Å². The number of rotatable bonds is 31. The summed E-state index contributed by atoms with van der Waals surface area (Å²) in [6.07, 6.45) is 36.9. The molecule has 0 aliphatic rings. The van der Waals surface area contributed by atoms with Crippen LogP contribution in [0, 0.1) is 5.41 Å². The van der Waals surface area contributed by atoms with Crippen LogP contribution in [-0.4, -0.2) is 75.8 Å². The Balaban J connectivity index is 0. The van der Waals surface area contributed by atoms with Gasteiger partial charge in [0.25, 0.3) is 0 Å². The third-order valence-electron chi connectivity index (χ3n) is 7.31. The molecule has 0 aliphatic heterocycles. The number of unbranched alkanes of at least 4 members (excludes halogenated alkanes) is 3. The lowest BCUT2D eigenvalue weighted by Gasteiger charge is -2.31. The minimum absolute atomic E-state index is 0.0177. The van der Waals surface area contributed by atoms with E-state index in [0.717, 1.165) is 50.0 Å². The number of amides is 3. The summed E-state index contributed by atoms with van der Waals surface area (Å²) in [6, 6.07) is 0. The van der Waals surface area contributed by atoms with E-state index in [9.17, 15) is 14.4 Å². The molecule has 3 amide bonds. The zero-order chi connectivity index (χ0) is 39.0. The van der Waals surface area contributed by atoms with Gasteiger partial charge in [-0.15, -0.1) is 0 Å². The third kappa shape index (κ3) is 35.9. The summed E-state index contributed by atoms with van der Waals surface area (Å²) < 4.78 is 10.5. The van der Waals surface area contributed by atoms with Gasteiger partial charge in [-0.05, 0) is 38.5 Å². The van der Waals surface area contributed by atoms with Gasteiger partial charge < -0.3 is 25.4 Å². The van der Waals surface area contributed by atoms with E-state index in [1.165, 1.54) is 32.8 Å². The second-order valence-corrected chi connectivity index (χ2v) is 15.5. The molecule has 0 unspecified atom stereocenters. The first-order valence-corrected chi connectivity index (χ1v) is 21.7. The number of nitrogens with one attached hydrogen (secondary N) is 3. The van der Waals surface area contributed by atoms with Crippen molar-refractivity contribution in [3.05, 3.63) is 72.9 Å². The van der Waals surface area contributed by atoms with E-state index < -0.39 is 11.5 Å². The molecule has 0 heterocycles. The SMILES string of the molecule is CC/C=C\C/C=C\C/C=C\C/C=C\C/C=C\C/C=C\CC(=O)NCCSSCCNC(=O)CCNC(=O)[C@H](OC)C(C)(C)COC.CCCCCC. The van der Waals surface area contributed by atoms with E-state index >= 15 is 0 Å². The lowest BCUT2D eigenvalue weighted by molar-refractivity contribution is -0.140. The summed E-state index contributed by atoms with van der Waals surface area (Å²) in [6.45, 7) is 12.2. The Morgan fingerprint density at radius 2 is 1.06 bits per heavy atom. The molecule has 0 rings (SSSR count). The van der Waals surface area contributed by atoms with E-state index in [1.54, 1.807) is 28.7 Å². The van der Waals surface area contributed by atoms with Crippen molar-refractivity contribution in [1.82, 2.24) is 16.0 Å². The summed E-state index contributed by atoms with van der Waals surface area (Å²) in [4.78, 5) is 36.4. The normalized spacial score (nSPS) is 12.8. The van der Waals surface area contributed by atoms with Gasteiger partial charge in [0.05, 0.1) is 6.61 Å². The van der Waals surface area contributed by atoms with Crippen LogP contribution in [0.2, 0.25) is 0 Å². The molecule has 0 radical (unpaired) electrons. The summed E-state index contributed by atoms with van der Waals surface area (Å²) >= 11 is 0. The third-order valence-corrected chi connectivity index (χ3v) is 9.71. The highest BCUT2D eigenvalue weighted by molar-refractivity contribution is 8.76. The fourth-order valence-electron chi connectivity index (χ4n) is 4.58. The number of allylic oxidation sites excluding steroid dienone is 11. The lowest BCUT2D eigenvalue weighted by Crippen LogP contribution is -2.47. The number of methoxy groups -OCH3 is 2. The van der Waals surface area contributed by atoms with Gasteiger partial charge in [-0.1, -0.05) is 155 Å². The molecule has 0 saturated carbocycles. The Morgan fingerprint density at radius 3 is 1.48 bits per heavy atom. The molecule has 0 saturated heterocycles. The van der Waals surface area contributed by atoms with Crippen LogP contribution in [-0.2, 0) is 23.9 Å². The number of hydrogen-bond acceptors (Lipinski definition) is 7. The highest BCUT2D eigenvalue weighted by Crippen LogP contribution is 2.23. The molecule has 1 atom stereocenters. The van der Waals surface area contributed by atoms with Crippen molar-refractivity contribution in [2.75, 3.05) is 52.0 Å². The van der Waals surface area contributed by atoms with E-state index in [4.69, 9.17) is 9.47 Å². The molecule has 298 valence electrons. The summed E-state index contributed by atoms with van der Waals surface area (Å²) in [7, 11) is 6.39. The van der Waals surface area contributed by atoms with Crippen molar-refractivity contribution in [2.45, 2.75) is 118 Å². The second kappa shape index (κ2) is 39.7. The van der Waals surface area contributed by atoms with Gasteiger partial charge in [0.2, 0.25) is 17.7 Å². The number of carbonyl (C=O) groups excluding carboxylic acids is 3. The summed E-state index contributed by atoms with van der Waals surface area (Å²) in [5, 5.41) is 8.55. The van der Waals surface area contributed by atoms with Crippen LogP contribution in [0.1, 0.15) is 112 Å². The van der Waals surface area contributed by atoms with Crippen LogP contribution in [0.5, 0.6) is 0 Å². The average Bonchev–Trinajstić information content (AvgIpc) is 3.11. The van der Waals surface area contributed by atoms with Crippen molar-refractivity contribution in [3.63, 3.8) is 0 Å². The molecular formula is C42H73N3O5S2. The van der Waals surface area contributed by atoms with Crippen molar-refractivity contribution in [2.24, 2.45) is 5.41 Å². The van der Waals surface area contributed by atoms with Crippen molar-refractivity contribution >= 4 is 39.3 Å². The van der Waals surface area contributed by atoms with Crippen LogP contribution in [0.3, 0.4) is 0 Å². The Bertz CT molecular complexity index is 1050. The molecule has 52 heavy (non-hydrogen) atoms. The predicted octanol–water partition coefficient (Wildman–Crippen LogP) is 9.47. The van der Waals surface area contributed by atoms with Crippen LogP contribution in [0.4, 0.5) is 0 Å². The predicted molar refractivity (Wildman–Crippen MR) is 228 cm³/mol. The lowest BCUT2D eigenvalue weighted by atomic mass is 9.86. The fourth-order valence-corrected chi connectivity index (χ4v) is 6.39. The molecule has 8 nitrogen and oxygen atoms in total. The first-order chi connectivity index (χ1) is 25.2. The first kappa shape index (κ1) is 51.6. The van der Waals surface area contributed by atoms with Crippen molar-refractivity contribution in [1.29, 1.82) is 0 Å². The topological polar surface area (TPSA) is 106 Å². The van der Waals surface area contributed by atoms with Gasteiger partial charge >= 0.3 is 0 Å². The minimum Gasteiger partial charge on any atom is -0.384 e. The maximum Gasteiger partial charge on any atom is 0.249 e. The van der Waals surface area contributed by atoms with Crippen molar-refractivity contribution < 1.29 is 23.9 Å². The Hall–Kier alpha value is -2.53. The summed E-state index contributed by atoms with van der Waals surface area (Å²) in [5.41, 5.74) is -0.484. The first-order valence-electron chi connectivity index (χ1n) is 19.2. The van der Waals surface area contributed by atoms with Gasteiger partial charge in [-0.2, -0.15) is 0 Å². The maximum atomic E-state index is 12.4.